The van der Waals surface area contributed by atoms with Gasteiger partial charge in [0.2, 0.25) is 5.91 Å². The Morgan fingerprint density at radius 3 is 3.00 bits per heavy atom. The zero-order chi connectivity index (χ0) is 16.9. The Kier molecular flexibility index (Phi) is 4.95. The number of H-pyrrole nitrogens is 1. The van der Waals surface area contributed by atoms with E-state index in [1.807, 2.05) is 31.2 Å². The first-order valence-electron chi connectivity index (χ1n) is 7.39. The zero-order valence-corrected chi connectivity index (χ0v) is 14.1. The number of nitrogens with one attached hydrogen (secondary N) is 2. The second-order valence-electron chi connectivity index (χ2n) is 5.07. The quantitative estimate of drug-likeness (QED) is 0.526. The molecule has 124 valence electrons. The third kappa shape index (κ3) is 3.48. The van der Waals surface area contributed by atoms with Gasteiger partial charge in [-0.05, 0) is 13.0 Å². The van der Waals surface area contributed by atoms with E-state index in [9.17, 15) is 4.79 Å². The van der Waals surface area contributed by atoms with E-state index < -0.39 is 0 Å². The van der Waals surface area contributed by atoms with Gasteiger partial charge in [0.15, 0.2) is 5.65 Å². The first-order chi connectivity index (χ1) is 11.7. The molecule has 7 nitrogen and oxygen atoms in total. The lowest BCUT2D eigenvalue weighted by molar-refractivity contribution is -0.120. The van der Waals surface area contributed by atoms with Gasteiger partial charge in [0.25, 0.3) is 0 Å². The highest BCUT2D eigenvalue weighted by atomic mass is 32.2. The third-order valence-electron chi connectivity index (χ3n) is 3.49. The molecule has 1 atom stereocenters. The Morgan fingerprint density at radius 1 is 1.33 bits per heavy atom. The summed E-state index contributed by atoms with van der Waals surface area (Å²) in [6.07, 6.45) is 3.01. The highest BCUT2D eigenvalue weighted by Gasteiger charge is 2.18. The van der Waals surface area contributed by atoms with Gasteiger partial charge in [-0.3, -0.25) is 4.79 Å². The summed E-state index contributed by atoms with van der Waals surface area (Å²) in [6.45, 7) is 2.25. The van der Waals surface area contributed by atoms with Crippen molar-refractivity contribution in [2.24, 2.45) is 0 Å². The number of fused-ring (bicyclic) bond motifs is 1. The van der Waals surface area contributed by atoms with Crippen LogP contribution in [0.5, 0.6) is 5.75 Å². The van der Waals surface area contributed by atoms with Gasteiger partial charge in [-0.15, -0.1) is 0 Å². The summed E-state index contributed by atoms with van der Waals surface area (Å²) in [5.41, 5.74) is 2.27. The Bertz CT molecular complexity index is 851. The molecule has 24 heavy (non-hydrogen) atoms. The van der Waals surface area contributed by atoms with Crippen molar-refractivity contribution in [1.82, 2.24) is 25.3 Å². The van der Waals surface area contributed by atoms with E-state index in [0.717, 1.165) is 16.8 Å². The number of ether oxygens (including phenoxy) is 1. The van der Waals surface area contributed by atoms with Gasteiger partial charge in [0.05, 0.1) is 18.7 Å². The van der Waals surface area contributed by atoms with E-state index in [1.54, 1.807) is 13.4 Å². The molecule has 1 aromatic carbocycles. The van der Waals surface area contributed by atoms with Crippen molar-refractivity contribution in [2.75, 3.05) is 7.11 Å². The van der Waals surface area contributed by atoms with Crippen LogP contribution in [-0.4, -0.2) is 38.2 Å². The zero-order valence-electron chi connectivity index (χ0n) is 13.3. The van der Waals surface area contributed by atoms with E-state index >= 15 is 0 Å². The van der Waals surface area contributed by atoms with Crippen molar-refractivity contribution >= 4 is 28.8 Å². The van der Waals surface area contributed by atoms with Crippen LogP contribution < -0.4 is 10.1 Å². The standard InChI is InChI=1S/C16H17N5O2S/c1-10(24-16-13-14(19-8-18-13)20-9-21-16)15(22)17-7-11-5-3-4-6-12(11)23-2/h3-6,8-10H,7H2,1-2H3,(H,17,22)(H,18,19,20,21). The topological polar surface area (TPSA) is 92.8 Å². The molecule has 0 aliphatic heterocycles. The fourth-order valence-corrected chi connectivity index (χ4v) is 3.13. The smallest absolute Gasteiger partial charge is 0.233 e. The summed E-state index contributed by atoms with van der Waals surface area (Å²) in [5, 5.41) is 3.33. The van der Waals surface area contributed by atoms with Gasteiger partial charge in [-0.25, -0.2) is 15.0 Å². The molecule has 0 bridgehead atoms. The second kappa shape index (κ2) is 7.31. The summed E-state index contributed by atoms with van der Waals surface area (Å²) in [7, 11) is 1.61. The number of amides is 1. The number of carbonyl (C=O) groups is 1. The normalized spacial score (nSPS) is 12.1. The Labute approximate surface area is 143 Å². The molecular formula is C16H17N5O2S. The fourth-order valence-electron chi connectivity index (χ4n) is 2.23. The molecule has 2 N–H and O–H groups in total. The number of aromatic amines is 1. The second-order valence-corrected chi connectivity index (χ2v) is 6.40. The van der Waals surface area contributed by atoms with Gasteiger partial charge in [-0.2, -0.15) is 0 Å². The summed E-state index contributed by atoms with van der Waals surface area (Å²) in [6, 6.07) is 7.61. The number of carbonyl (C=O) groups excluding carboxylic acids is 1. The average molecular weight is 343 g/mol. The molecule has 8 heteroatoms. The van der Waals surface area contributed by atoms with E-state index in [4.69, 9.17) is 4.74 Å². The summed E-state index contributed by atoms with van der Waals surface area (Å²) >= 11 is 1.37. The molecule has 1 amide bonds. The summed E-state index contributed by atoms with van der Waals surface area (Å²) < 4.78 is 5.29. The van der Waals surface area contributed by atoms with Gasteiger partial charge in [0.1, 0.15) is 22.6 Å². The minimum atomic E-state index is -0.305. The number of imidazole rings is 1. The van der Waals surface area contributed by atoms with Crippen molar-refractivity contribution in [3.8, 4) is 5.75 Å². The highest BCUT2D eigenvalue weighted by Crippen LogP contribution is 2.26. The third-order valence-corrected chi connectivity index (χ3v) is 4.59. The van der Waals surface area contributed by atoms with Crippen molar-refractivity contribution in [1.29, 1.82) is 0 Å². The number of para-hydroxylation sites is 1. The summed E-state index contributed by atoms with van der Waals surface area (Å²) in [5.74, 6) is 0.685. The van der Waals surface area contributed by atoms with Crippen molar-refractivity contribution in [3.63, 3.8) is 0 Å². The number of benzene rings is 1. The van der Waals surface area contributed by atoms with E-state index in [0.29, 0.717) is 17.2 Å². The molecule has 2 heterocycles. The number of hydrogen-bond donors (Lipinski definition) is 2. The molecule has 0 radical (unpaired) electrons. The first kappa shape index (κ1) is 16.3. The fraction of sp³-hybridized carbons (Fsp3) is 0.250. The van der Waals surface area contributed by atoms with Crippen LogP contribution in [0.25, 0.3) is 11.2 Å². The largest absolute Gasteiger partial charge is 0.496 e. The lowest BCUT2D eigenvalue weighted by Crippen LogP contribution is -2.30. The average Bonchev–Trinajstić information content (AvgIpc) is 3.09. The lowest BCUT2D eigenvalue weighted by Gasteiger charge is -2.13. The summed E-state index contributed by atoms with van der Waals surface area (Å²) in [4.78, 5) is 27.7. The van der Waals surface area contributed by atoms with Crippen LogP contribution >= 0.6 is 11.8 Å². The monoisotopic (exact) mass is 343 g/mol. The van der Waals surface area contributed by atoms with E-state index in [-0.39, 0.29) is 11.2 Å². The van der Waals surface area contributed by atoms with E-state index in [1.165, 1.54) is 18.1 Å². The molecular weight excluding hydrogens is 326 g/mol. The lowest BCUT2D eigenvalue weighted by atomic mass is 10.2. The number of thioether (sulfide) groups is 1. The van der Waals surface area contributed by atoms with Gasteiger partial charge >= 0.3 is 0 Å². The van der Waals surface area contributed by atoms with Crippen molar-refractivity contribution in [3.05, 3.63) is 42.5 Å². The maximum absolute atomic E-state index is 12.4. The number of methoxy groups -OCH3 is 1. The number of hydrogen-bond acceptors (Lipinski definition) is 6. The maximum Gasteiger partial charge on any atom is 0.233 e. The molecule has 1 unspecified atom stereocenters. The molecule has 0 fully saturated rings. The van der Waals surface area contributed by atoms with Crippen molar-refractivity contribution < 1.29 is 9.53 Å². The minimum Gasteiger partial charge on any atom is -0.496 e. The number of aromatic nitrogens is 4. The molecule has 3 rings (SSSR count). The molecule has 0 saturated carbocycles. The Hall–Kier alpha value is -2.61. The van der Waals surface area contributed by atoms with Crippen LogP contribution in [0.15, 0.2) is 41.9 Å². The van der Waals surface area contributed by atoms with Gasteiger partial charge < -0.3 is 15.0 Å². The molecule has 0 aliphatic carbocycles. The molecule has 2 aromatic heterocycles. The van der Waals surface area contributed by atoms with Crippen LogP contribution in [-0.2, 0) is 11.3 Å². The van der Waals surface area contributed by atoms with Crippen LogP contribution in [0.2, 0.25) is 0 Å². The Morgan fingerprint density at radius 2 is 2.17 bits per heavy atom. The van der Waals surface area contributed by atoms with Crippen LogP contribution in [0.3, 0.4) is 0 Å². The van der Waals surface area contributed by atoms with Crippen LogP contribution in [0.1, 0.15) is 12.5 Å². The predicted octanol–water partition coefficient (Wildman–Crippen LogP) is 2.16. The number of nitrogens with zero attached hydrogens (tertiary/aromatic N) is 3. The SMILES string of the molecule is COc1ccccc1CNC(=O)C(C)Sc1ncnc2nc[nH]c12. The first-order valence-corrected chi connectivity index (χ1v) is 8.27. The number of rotatable bonds is 6. The Balaban J connectivity index is 1.64. The highest BCUT2D eigenvalue weighted by molar-refractivity contribution is 8.00. The molecule has 0 aliphatic rings. The van der Waals surface area contributed by atoms with Gasteiger partial charge in [0, 0.05) is 12.1 Å². The van der Waals surface area contributed by atoms with Crippen LogP contribution in [0.4, 0.5) is 0 Å². The van der Waals surface area contributed by atoms with E-state index in [2.05, 4.69) is 25.3 Å². The van der Waals surface area contributed by atoms with Crippen molar-refractivity contribution in [2.45, 2.75) is 23.7 Å². The maximum atomic E-state index is 12.4. The minimum absolute atomic E-state index is 0.0721. The molecule has 3 aromatic rings. The van der Waals surface area contributed by atoms with Crippen LogP contribution in [0, 0.1) is 0 Å². The van der Waals surface area contributed by atoms with Gasteiger partial charge in [-0.1, -0.05) is 30.0 Å². The predicted molar refractivity (Wildman–Crippen MR) is 91.8 cm³/mol. The molecule has 0 spiro atoms. The molecule has 0 saturated heterocycles.